The molecule has 0 bridgehead atoms. The molecule has 0 heterocycles. The van der Waals surface area contributed by atoms with Gasteiger partial charge in [-0.1, -0.05) is 30.3 Å². The maximum atomic E-state index is 12.3. The number of esters is 1. The molecule has 0 aliphatic heterocycles. The number of ether oxygens (including phenoxy) is 3. The number of rotatable bonds is 7. The first-order chi connectivity index (χ1) is 13.6. The van der Waals surface area contributed by atoms with Crippen molar-refractivity contribution in [3.05, 3.63) is 35.9 Å². The van der Waals surface area contributed by atoms with E-state index in [9.17, 15) is 14.4 Å². The smallest absolute Gasteiger partial charge is 0.415 e. The molecule has 10 nitrogen and oxygen atoms in total. The molecule has 0 spiro atoms. The third-order valence-electron chi connectivity index (χ3n) is 3.30. The molecule has 10 heteroatoms. The summed E-state index contributed by atoms with van der Waals surface area (Å²) in [4.78, 5) is 35.9. The summed E-state index contributed by atoms with van der Waals surface area (Å²) in [5.74, 6) is -0.933. The molecular weight excluding hydrogens is 380 g/mol. The van der Waals surface area contributed by atoms with E-state index >= 15 is 0 Å². The van der Waals surface area contributed by atoms with Crippen LogP contribution in [0.15, 0.2) is 30.3 Å². The standard InChI is InChI=1S/C19H28N4O6/c1-19(2,3)29-18(26)22-14(10-7-11-20)15(24)28-16(21)23-17(25)27-12-13-8-5-4-6-9-13/h4-6,8-9,14H,7,10-12,20H2,1-3H3,(H,22,26)(H2,21,23,25)/t14-/m0/s1. The van der Waals surface area contributed by atoms with Gasteiger partial charge in [-0.15, -0.1) is 0 Å². The molecule has 1 atom stereocenters. The van der Waals surface area contributed by atoms with E-state index in [2.05, 4.69) is 5.32 Å². The number of nitrogens with two attached hydrogens (primary N) is 1. The van der Waals surface area contributed by atoms with Crippen molar-refractivity contribution in [1.82, 2.24) is 10.6 Å². The van der Waals surface area contributed by atoms with Gasteiger partial charge in [-0.2, -0.15) is 0 Å². The fraction of sp³-hybridized carbons (Fsp3) is 0.474. The largest absolute Gasteiger partial charge is 0.444 e. The van der Waals surface area contributed by atoms with Gasteiger partial charge in [-0.05, 0) is 45.7 Å². The molecule has 0 unspecified atom stereocenters. The first kappa shape index (κ1) is 23.9. The number of carbonyl (C=O) groups excluding carboxylic acids is 3. The molecule has 0 fully saturated rings. The number of benzene rings is 1. The molecule has 29 heavy (non-hydrogen) atoms. The van der Waals surface area contributed by atoms with Crippen LogP contribution < -0.4 is 16.4 Å². The van der Waals surface area contributed by atoms with Crippen molar-refractivity contribution in [2.45, 2.75) is 51.9 Å². The van der Waals surface area contributed by atoms with Crippen molar-refractivity contribution in [3.63, 3.8) is 0 Å². The van der Waals surface area contributed by atoms with Crippen LogP contribution in [0.5, 0.6) is 0 Å². The normalized spacial score (nSPS) is 11.7. The van der Waals surface area contributed by atoms with Crippen molar-refractivity contribution < 1.29 is 28.6 Å². The molecule has 1 aromatic rings. The number of hydrogen-bond acceptors (Lipinski definition) is 8. The van der Waals surface area contributed by atoms with E-state index in [0.717, 1.165) is 5.56 Å². The lowest BCUT2D eigenvalue weighted by Gasteiger charge is -2.22. The minimum absolute atomic E-state index is 0.00672. The van der Waals surface area contributed by atoms with Crippen LogP contribution in [0.1, 0.15) is 39.2 Å². The molecule has 160 valence electrons. The minimum Gasteiger partial charge on any atom is -0.444 e. The van der Waals surface area contributed by atoms with Gasteiger partial charge in [-0.25, -0.2) is 19.7 Å². The van der Waals surface area contributed by atoms with Gasteiger partial charge < -0.3 is 25.3 Å². The zero-order valence-corrected chi connectivity index (χ0v) is 16.8. The predicted octanol–water partition coefficient (Wildman–Crippen LogP) is 2.02. The molecular formula is C19H28N4O6. The fourth-order valence-electron chi connectivity index (χ4n) is 2.07. The summed E-state index contributed by atoms with van der Waals surface area (Å²) < 4.78 is 14.8. The van der Waals surface area contributed by atoms with E-state index in [-0.39, 0.29) is 13.0 Å². The predicted molar refractivity (Wildman–Crippen MR) is 105 cm³/mol. The Labute approximate surface area is 169 Å². The second-order valence-electron chi connectivity index (χ2n) is 7.07. The van der Waals surface area contributed by atoms with Gasteiger partial charge in [0.2, 0.25) is 0 Å². The molecule has 0 saturated heterocycles. The lowest BCUT2D eigenvalue weighted by molar-refractivity contribution is -0.138. The summed E-state index contributed by atoms with van der Waals surface area (Å²) in [6, 6.07) is 7.03. The number of alkyl carbamates (subject to hydrolysis) is 2. The van der Waals surface area contributed by atoms with Gasteiger partial charge in [0.25, 0.3) is 6.02 Å². The first-order valence-corrected chi connectivity index (χ1v) is 9.08. The number of nitrogens with one attached hydrogen (secondary N) is 3. The number of amides is 2. The molecule has 0 radical (unpaired) electrons. The second kappa shape index (κ2) is 11.6. The summed E-state index contributed by atoms with van der Waals surface area (Å²) in [6.45, 7) is 5.33. The lowest BCUT2D eigenvalue weighted by atomic mass is 10.1. The molecule has 1 rings (SSSR count). The zero-order chi connectivity index (χ0) is 21.9. The highest BCUT2D eigenvalue weighted by molar-refractivity contribution is 5.96. The van der Waals surface area contributed by atoms with Crippen LogP contribution in [0.4, 0.5) is 9.59 Å². The maximum absolute atomic E-state index is 12.3. The highest BCUT2D eigenvalue weighted by Crippen LogP contribution is 2.08. The van der Waals surface area contributed by atoms with Gasteiger partial charge in [0.1, 0.15) is 18.2 Å². The summed E-state index contributed by atoms with van der Waals surface area (Å²) in [5.41, 5.74) is 5.46. The summed E-state index contributed by atoms with van der Waals surface area (Å²) in [5, 5.41) is 12.0. The van der Waals surface area contributed by atoms with Crippen LogP contribution in [-0.4, -0.2) is 42.4 Å². The van der Waals surface area contributed by atoms with Crippen LogP contribution in [-0.2, 0) is 25.6 Å². The Morgan fingerprint density at radius 2 is 1.79 bits per heavy atom. The summed E-state index contributed by atoms with van der Waals surface area (Å²) in [7, 11) is 0. The van der Waals surface area contributed by atoms with Crippen LogP contribution in [0.3, 0.4) is 0 Å². The highest BCUT2D eigenvalue weighted by atomic mass is 16.6. The van der Waals surface area contributed by atoms with E-state index in [0.29, 0.717) is 13.0 Å². The van der Waals surface area contributed by atoms with E-state index in [1.807, 2.05) is 11.4 Å². The van der Waals surface area contributed by atoms with E-state index in [4.69, 9.17) is 25.4 Å². The van der Waals surface area contributed by atoms with Gasteiger partial charge in [-0.3, -0.25) is 5.41 Å². The molecule has 0 aliphatic rings. The van der Waals surface area contributed by atoms with Crippen LogP contribution in [0.25, 0.3) is 0 Å². The van der Waals surface area contributed by atoms with Gasteiger partial charge in [0, 0.05) is 0 Å². The summed E-state index contributed by atoms with van der Waals surface area (Å²) in [6.07, 6.45) is -1.15. The highest BCUT2D eigenvalue weighted by Gasteiger charge is 2.26. The van der Waals surface area contributed by atoms with E-state index in [1.165, 1.54) is 0 Å². The maximum Gasteiger partial charge on any atom is 0.415 e. The third kappa shape index (κ3) is 10.7. The minimum atomic E-state index is -1.09. The van der Waals surface area contributed by atoms with E-state index < -0.39 is 35.8 Å². The Hall–Kier alpha value is -3.14. The molecule has 1 aromatic carbocycles. The van der Waals surface area contributed by atoms with Crippen molar-refractivity contribution in [3.8, 4) is 0 Å². The molecule has 2 amide bonds. The van der Waals surface area contributed by atoms with Crippen molar-refractivity contribution in [1.29, 1.82) is 5.41 Å². The third-order valence-corrected chi connectivity index (χ3v) is 3.30. The quantitative estimate of drug-likeness (QED) is 0.233. The van der Waals surface area contributed by atoms with Gasteiger partial charge in [0.15, 0.2) is 0 Å². The fourth-order valence-corrected chi connectivity index (χ4v) is 2.07. The number of amidine groups is 1. The van der Waals surface area contributed by atoms with E-state index in [1.54, 1.807) is 45.0 Å². The Morgan fingerprint density at radius 1 is 1.14 bits per heavy atom. The average molecular weight is 408 g/mol. The van der Waals surface area contributed by atoms with Gasteiger partial charge >= 0.3 is 18.2 Å². The Kier molecular flexibility index (Phi) is 9.60. The molecule has 5 N–H and O–H groups in total. The molecule has 0 saturated carbocycles. The molecule has 0 aromatic heterocycles. The molecule has 0 aliphatic carbocycles. The number of hydrogen-bond donors (Lipinski definition) is 4. The Balaban J connectivity index is 2.52. The Morgan fingerprint density at radius 3 is 2.38 bits per heavy atom. The first-order valence-electron chi connectivity index (χ1n) is 9.08. The van der Waals surface area contributed by atoms with Crippen molar-refractivity contribution in [2.24, 2.45) is 5.73 Å². The summed E-state index contributed by atoms with van der Waals surface area (Å²) >= 11 is 0. The zero-order valence-electron chi connectivity index (χ0n) is 16.8. The van der Waals surface area contributed by atoms with Crippen molar-refractivity contribution >= 4 is 24.2 Å². The lowest BCUT2D eigenvalue weighted by Crippen LogP contribution is -2.46. The topological polar surface area (TPSA) is 153 Å². The number of carbonyl (C=O) groups is 3. The van der Waals surface area contributed by atoms with Crippen LogP contribution in [0.2, 0.25) is 0 Å². The monoisotopic (exact) mass is 408 g/mol. The average Bonchev–Trinajstić information content (AvgIpc) is 2.62. The Bertz CT molecular complexity index is 702. The second-order valence-corrected chi connectivity index (χ2v) is 7.07. The van der Waals surface area contributed by atoms with Gasteiger partial charge in [0.05, 0.1) is 0 Å². The van der Waals surface area contributed by atoms with Crippen LogP contribution in [0, 0.1) is 5.41 Å². The van der Waals surface area contributed by atoms with Crippen molar-refractivity contribution in [2.75, 3.05) is 6.54 Å². The SMILES string of the molecule is CC(C)(C)OC(=O)N[C@@H](CCCN)C(=O)OC(=N)NC(=O)OCc1ccccc1. The van der Waals surface area contributed by atoms with Crippen LogP contribution >= 0.6 is 0 Å².